The number of carboxylic acids is 1. The van der Waals surface area contributed by atoms with Crippen molar-refractivity contribution in [3.05, 3.63) is 35.2 Å². The van der Waals surface area contributed by atoms with E-state index in [1.165, 1.54) is 13.0 Å². The molecule has 1 aromatic carbocycles. The summed E-state index contributed by atoms with van der Waals surface area (Å²) < 4.78 is 0. The highest BCUT2D eigenvalue weighted by molar-refractivity contribution is 8.03. The Kier molecular flexibility index (Phi) is 10.5. The summed E-state index contributed by atoms with van der Waals surface area (Å²) in [7, 11) is 3.96. The normalized spacial score (nSPS) is 16.9. The number of benzene rings is 1. The van der Waals surface area contributed by atoms with Gasteiger partial charge in [-0.3, -0.25) is 9.59 Å². The number of phenolic OH excluding ortho intramolecular Hbond substituents is 1. The van der Waals surface area contributed by atoms with E-state index in [0.29, 0.717) is 24.2 Å². The molecule has 0 fully saturated rings. The summed E-state index contributed by atoms with van der Waals surface area (Å²) in [6.45, 7) is 2.87. The number of amides is 2. The minimum absolute atomic E-state index is 0.0316. The molecular weight excluding hydrogens is 444 g/mol. The number of hydrogen-bond acceptors (Lipinski definition) is 7. The van der Waals surface area contributed by atoms with Crippen molar-refractivity contribution in [2.45, 2.75) is 49.9 Å². The lowest BCUT2D eigenvalue weighted by molar-refractivity contribution is -0.142. The van der Waals surface area contributed by atoms with Crippen LogP contribution in [0.3, 0.4) is 0 Å². The molecule has 0 aliphatic carbocycles. The van der Waals surface area contributed by atoms with Crippen LogP contribution in [-0.2, 0) is 20.8 Å². The van der Waals surface area contributed by atoms with Gasteiger partial charge < -0.3 is 31.1 Å². The number of anilines is 1. The summed E-state index contributed by atoms with van der Waals surface area (Å²) in [5.74, 6) is -1.98. The van der Waals surface area contributed by atoms with Gasteiger partial charge in [0.2, 0.25) is 11.8 Å². The zero-order valence-corrected chi connectivity index (χ0v) is 20.2. The summed E-state index contributed by atoms with van der Waals surface area (Å²) in [6.07, 6.45) is 4.12. The van der Waals surface area contributed by atoms with Crippen LogP contribution >= 0.6 is 11.8 Å². The molecule has 2 amide bonds. The second-order valence-corrected chi connectivity index (χ2v) is 9.59. The highest BCUT2D eigenvalue weighted by Crippen LogP contribution is 2.28. The standard InChI is InChI=1S/C23H34N4O5S/c1-15(28)25-20(14-18-6-4-11-33-18)22(30)26-21(23(31)32)12-16-7-8-17(29)13-19(16)24-9-5-10-27(2)3/h4,7-8,11,13,18,20-21,24,29H,5-6,9-10,12,14H2,1-3H3,(H,25,28)(H,26,30)(H,31,32)/t18?,20-,21-/m0/s1. The third-order valence-electron chi connectivity index (χ3n) is 5.19. The molecule has 1 aliphatic rings. The van der Waals surface area contributed by atoms with Gasteiger partial charge in [-0.15, -0.1) is 11.8 Å². The van der Waals surface area contributed by atoms with Crippen molar-refractivity contribution >= 4 is 35.2 Å². The molecule has 1 aliphatic heterocycles. The van der Waals surface area contributed by atoms with Crippen molar-refractivity contribution in [2.24, 2.45) is 0 Å². The van der Waals surface area contributed by atoms with Crippen molar-refractivity contribution in [3.8, 4) is 5.75 Å². The van der Waals surface area contributed by atoms with Crippen molar-refractivity contribution in [2.75, 3.05) is 32.5 Å². The number of carbonyl (C=O) groups excluding carboxylic acids is 2. The molecule has 3 atom stereocenters. The molecular formula is C23H34N4O5S. The first-order valence-corrected chi connectivity index (χ1v) is 11.9. The Morgan fingerprint density at radius 3 is 2.58 bits per heavy atom. The Morgan fingerprint density at radius 1 is 1.21 bits per heavy atom. The highest BCUT2D eigenvalue weighted by atomic mass is 32.2. The van der Waals surface area contributed by atoms with Crippen LogP contribution in [0.15, 0.2) is 29.7 Å². The zero-order chi connectivity index (χ0) is 24.4. The first-order chi connectivity index (χ1) is 15.7. The molecule has 5 N–H and O–H groups in total. The number of carboxylic acid groups (broad SMARTS) is 1. The number of nitrogens with zero attached hydrogens (tertiary/aromatic N) is 1. The van der Waals surface area contributed by atoms with E-state index < -0.39 is 24.0 Å². The van der Waals surface area contributed by atoms with Crippen LogP contribution in [0.2, 0.25) is 0 Å². The van der Waals surface area contributed by atoms with E-state index in [-0.39, 0.29) is 23.3 Å². The maximum Gasteiger partial charge on any atom is 0.326 e. The quantitative estimate of drug-likeness (QED) is 0.271. The van der Waals surface area contributed by atoms with Crippen molar-refractivity contribution in [3.63, 3.8) is 0 Å². The zero-order valence-electron chi connectivity index (χ0n) is 19.3. The van der Waals surface area contributed by atoms with E-state index >= 15 is 0 Å². The van der Waals surface area contributed by atoms with Gasteiger partial charge in [0, 0.05) is 36.9 Å². The summed E-state index contributed by atoms with van der Waals surface area (Å²) in [6, 6.07) is 2.69. The van der Waals surface area contributed by atoms with Gasteiger partial charge in [0.15, 0.2) is 0 Å². The molecule has 0 spiro atoms. The number of phenols is 1. The topological polar surface area (TPSA) is 131 Å². The maximum atomic E-state index is 12.9. The van der Waals surface area contributed by atoms with Gasteiger partial charge in [0.25, 0.3) is 0 Å². The van der Waals surface area contributed by atoms with Crippen LogP contribution in [0, 0.1) is 0 Å². The monoisotopic (exact) mass is 478 g/mol. The number of aliphatic carboxylic acids is 1. The predicted molar refractivity (Wildman–Crippen MR) is 130 cm³/mol. The molecule has 1 aromatic rings. The van der Waals surface area contributed by atoms with Crippen molar-refractivity contribution in [1.82, 2.24) is 15.5 Å². The predicted octanol–water partition coefficient (Wildman–Crippen LogP) is 1.78. The molecule has 1 heterocycles. The van der Waals surface area contributed by atoms with Gasteiger partial charge in [0.1, 0.15) is 17.8 Å². The van der Waals surface area contributed by atoms with E-state index in [1.54, 1.807) is 23.9 Å². The van der Waals surface area contributed by atoms with Gasteiger partial charge in [-0.2, -0.15) is 0 Å². The number of thioether (sulfide) groups is 1. The lowest BCUT2D eigenvalue weighted by Crippen LogP contribution is -2.52. The summed E-state index contributed by atoms with van der Waals surface area (Å²) in [4.78, 5) is 38.5. The van der Waals surface area contributed by atoms with E-state index in [9.17, 15) is 24.6 Å². The molecule has 10 heteroatoms. The third kappa shape index (κ3) is 9.35. The first kappa shape index (κ1) is 26.5. The fourth-order valence-electron chi connectivity index (χ4n) is 3.54. The molecule has 182 valence electrons. The summed E-state index contributed by atoms with van der Waals surface area (Å²) in [5, 5.41) is 30.2. The number of aromatic hydroxyl groups is 1. The number of carbonyl (C=O) groups is 3. The second kappa shape index (κ2) is 13.1. The van der Waals surface area contributed by atoms with Crippen LogP contribution in [0.25, 0.3) is 0 Å². The van der Waals surface area contributed by atoms with Crippen LogP contribution in [0.5, 0.6) is 5.75 Å². The Bertz CT molecular complexity index is 853. The van der Waals surface area contributed by atoms with E-state index in [1.807, 2.05) is 25.6 Å². The van der Waals surface area contributed by atoms with Gasteiger partial charge in [-0.05, 0) is 56.9 Å². The van der Waals surface area contributed by atoms with Crippen molar-refractivity contribution < 1.29 is 24.6 Å². The average Bonchev–Trinajstić information content (AvgIpc) is 3.24. The third-order valence-corrected chi connectivity index (χ3v) is 6.31. The van der Waals surface area contributed by atoms with Gasteiger partial charge in [-0.1, -0.05) is 12.1 Å². The Morgan fingerprint density at radius 2 is 1.97 bits per heavy atom. The number of hydrogen-bond donors (Lipinski definition) is 5. The number of rotatable bonds is 13. The second-order valence-electron chi connectivity index (χ2n) is 8.38. The lowest BCUT2D eigenvalue weighted by atomic mass is 10.0. The minimum Gasteiger partial charge on any atom is -0.508 e. The fourth-order valence-corrected chi connectivity index (χ4v) is 4.51. The average molecular weight is 479 g/mol. The lowest BCUT2D eigenvalue weighted by Gasteiger charge is -2.23. The van der Waals surface area contributed by atoms with E-state index in [2.05, 4.69) is 20.9 Å². The molecule has 1 unspecified atom stereocenters. The fraction of sp³-hybridized carbons (Fsp3) is 0.522. The Labute approximate surface area is 199 Å². The minimum atomic E-state index is -1.19. The van der Waals surface area contributed by atoms with E-state index in [0.717, 1.165) is 19.4 Å². The van der Waals surface area contributed by atoms with E-state index in [4.69, 9.17) is 0 Å². The van der Waals surface area contributed by atoms with Gasteiger partial charge >= 0.3 is 5.97 Å². The number of nitrogens with one attached hydrogen (secondary N) is 3. The van der Waals surface area contributed by atoms with Crippen LogP contribution in [0.1, 0.15) is 31.7 Å². The van der Waals surface area contributed by atoms with Crippen LogP contribution in [0.4, 0.5) is 5.69 Å². The molecule has 0 bridgehead atoms. The van der Waals surface area contributed by atoms with Crippen LogP contribution < -0.4 is 16.0 Å². The Hall–Kier alpha value is -2.72. The largest absolute Gasteiger partial charge is 0.508 e. The first-order valence-electron chi connectivity index (χ1n) is 11.0. The molecule has 0 aromatic heterocycles. The maximum absolute atomic E-state index is 12.9. The van der Waals surface area contributed by atoms with Crippen molar-refractivity contribution in [1.29, 1.82) is 0 Å². The summed E-state index contributed by atoms with van der Waals surface area (Å²) in [5.41, 5.74) is 1.29. The molecule has 0 saturated carbocycles. The molecule has 33 heavy (non-hydrogen) atoms. The number of allylic oxidation sites excluding steroid dienone is 1. The molecule has 0 saturated heterocycles. The Balaban J connectivity index is 2.08. The SMILES string of the molecule is CC(=O)N[C@@H](CC1CC=CS1)C(=O)N[C@@H](Cc1ccc(O)cc1NCCCN(C)C)C(=O)O. The smallest absolute Gasteiger partial charge is 0.326 e. The van der Waals surface area contributed by atoms with Crippen LogP contribution in [-0.4, -0.2) is 77.4 Å². The summed E-state index contributed by atoms with van der Waals surface area (Å²) >= 11 is 1.59. The molecule has 9 nitrogen and oxygen atoms in total. The highest BCUT2D eigenvalue weighted by Gasteiger charge is 2.29. The van der Waals surface area contributed by atoms with Gasteiger partial charge in [0.05, 0.1) is 0 Å². The molecule has 2 rings (SSSR count). The molecule has 0 radical (unpaired) electrons. The van der Waals surface area contributed by atoms with Gasteiger partial charge in [-0.25, -0.2) is 4.79 Å².